The standard InChI is InChI=1S/C11H13F2N/c12-8-4-5-10(13)9(7-8)11-3-1-2-6-14-11/h4-5,7,11,14H,1-3,6H2/t11-/m0/s1. The first kappa shape index (κ1) is 9.59. The lowest BCUT2D eigenvalue weighted by Gasteiger charge is -2.24. The number of hydrogen-bond donors (Lipinski definition) is 1. The van der Waals surface area contributed by atoms with Crippen LogP contribution in [0.4, 0.5) is 8.78 Å². The van der Waals surface area contributed by atoms with Crippen molar-refractivity contribution in [2.75, 3.05) is 6.54 Å². The van der Waals surface area contributed by atoms with Crippen molar-refractivity contribution < 1.29 is 8.78 Å². The third kappa shape index (κ3) is 1.93. The summed E-state index contributed by atoms with van der Waals surface area (Å²) in [5, 5.41) is 3.20. The Kier molecular flexibility index (Phi) is 2.77. The molecule has 0 aromatic heterocycles. The summed E-state index contributed by atoms with van der Waals surface area (Å²) in [4.78, 5) is 0. The first-order valence-corrected chi connectivity index (χ1v) is 4.96. The number of halogens is 2. The van der Waals surface area contributed by atoms with E-state index in [4.69, 9.17) is 0 Å². The summed E-state index contributed by atoms with van der Waals surface area (Å²) >= 11 is 0. The zero-order valence-corrected chi connectivity index (χ0v) is 7.89. The molecule has 1 aliphatic heterocycles. The molecule has 1 atom stereocenters. The Bertz CT molecular complexity index is 319. The van der Waals surface area contributed by atoms with Gasteiger partial charge in [-0.1, -0.05) is 6.42 Å². The highest BCUT2D eigenvalue weighted by molar-refractivity contribution is 5.22. The number of benzene rings is 1. The summed E-state index contributed by atoms with van der Waals surface area (Å²) in [5.74, 6) is -0.681. The molecule has 2 rings (SSSR count). The minimum atomic E-state index is -0.367. The maximum absolute atomic E-state index is 13.3. The van der Waals surface area contributed by atoms with Gasteiger partial charge in [0.25, 0.3) is 0 Å². The van der Waals surface area contributed by atoms with Gasteiger partial charge in [0.05, 0.1) is 0 Å². The fraction of sp³-hybridized carbons (Fsp3) is 0.455. The van der Waals surface area contributed by atoms with Crippen molar-refractivity contribution in [2.24, 2.45) is 0 Å². The van der Waals surface area contributed by atoms with Crippen molar-refractivity contribution in [3.05, 3.63) is 35.4 Å². The van der Waals surface area contributed by atoms with E-state index in [9.17, 15) is 8.78 Å². The van der Waals surface area contributed by atoms with Crippen LogP contribution in [0.2, 0.25) is 0 Å². The topological polar surface area (TPSA) is 12.0 Å². The number of nitrogens with one attached hydrogen (secondary N) is 1. The van der Waals surface area contributed by atoms with Gasteiger partial charge in [-0.05, 0) is 37.6 Å². The van der Waals surface area contributed by atoms with E-state index in [1.54, 1.807) is 0 Å². The monoisotopic (exact) mass is 197 g/mol. The van der Waals surface area contributed by atoms with Gasteiger partial charge in [0.2, 0.25) is 0 Å². The second-order valence-corrected chi connectivity index (χ2v) is 3.67. The minimum Gasteiger partial charge on any atom is -0.310 e. The van der Waals surface area contributed by atoms with Crippen molar-refractivity contribution in [1.82, 2.24) is 5.32 Å². The van der Waals surface area contributed by atoms with Gasteiger partial charge < -0.3 is 5.32 Å². The average molecular weight is 197 g/mol. The number of hydrogen-bond acceptors (Lipinski definition) is 1. The molecule has 3 heteroatoms. The van der Waals surface area contributed by atoms with Crippen LogP contribution in [0.15, 0.2) is 18.2 Å². The van der Waals surface area contributed by atoms with Gasteiger partial charge in [-0.3, -0.25) is 0 Å². The predicted molar refractivity (Wildman–Crippen MR) is 51.0 cm³/mol. The van der Waals surface area contributed by atoms with Gasteiger partial charge in [-0.15, -0.1) is 0 Å². The summed E-state index contributed by atoms with van der Waals surface area (Å²) in [7, 11) is 0. The highest BCUT2D eigenvalue weighted by Gasteiger charge is 2.18. The molecule has 0 bridgehead atoms. The van der Waals surface area contributed by atoms with E-state index in [1.807, 2.05) is 0 Å². The molecule has 0 aliphatic carbocycles. The Balaban J connectivity index is 2.24. The van der Waals surface area contributed by atoms with E-state index in [2.05, 4.69) is 5.32 Å². The Morgan fingerprint density at radius 2 is 2.07 bits per heavy atom. The molecule has 0 unspecified atom stereocenters. The Hall–Kier alpha value is -0.960. The third-order valence-corrected chi connectivity index (χ3v) is 2.64. The second kappa shape index (κ2) is 4.05. The normalized spacial score (nSPS) is 22.3. The molecule has 0 saturated carbocycles. The van der Waals surface area contributed by atoms with Crippen molar-refractivity contribution in [3.8, 4) is 0 Å². The van der Waals surface area contributed by atoms with Crippen molar-refractivity contribution in [3.63, 3.8) is 0 Å². The van der Waals surface area contributed by atoms with Crippen LogP contribution in [0.3, 0.4) is 0 Å². The summed E-state index contributed by atoms with van der Waals surface area (Å²) in [5.41, 5.74) is 0.463. The van der Waals surface area contributed by atoms with E-state index in [-0.39, 0.29) is 17.7 Å². The van der Waals surface area contributed by atoms with Crippen LogP contribution < -0.4 is 5.32 Å². The van der Waals surface area contributed by atoms with Crippen LogP contribution in [-0.2, 0) is 0 Å². The van der Waals surface area contributed by atoms with Gasteiger partial charge in [-0.25, -0.2) is 8.78 Å². The molecule has 1 nitrogen and oxygen atoms in total. The lowest BCUT2D eigenvalue weighted by Crippen LogP contribution is -2.27. The van der Waals surface area contributed by atoms with Crippen LogP contribution >= 0.6 is 0 Å². The molecular weight excluding hydrogens is 184 g/mol. The summed E-state index contributed by atoms with van der Waals surface area (Å²) in [6, 6.07) is 3.63. The smallest absolute Gasteiger partial charge is 0.128 e. The fourth-order valence-electron chi connectivity index (χ4n) is 1.90. The molecule has 0 radical (unpaired) electrons. The molecule has 1 N–H and O–H groups in total. The largest absolute Gasteiger partial charge is 0.310 e. The SMILES string of the molecule is Fc1ccc(F)c([C@@H]2CCCCN2)c1. The maximum atomic E-state index is 13.3. The zero-order chi connectivity index (χ0) is 9.97. The van der Waals surface area contributed by atoms with Gasteiger partial charge >= 0.3 is 0 Å². The molecular formula is C11H13F2N. The van der Waals surface area contributed by atoms with Crippen LogP contribution in [0.25, 0.3) is 0 Å². The van der Waals surface area contributed by atoms with E-state index in [1.165, 1.54) is 12.1 Å². The molecule has 14 heavy (non-hydrogen) atoms. The second-order valence-electron chi connectivity index (χ2n) is 3.67. The van der Waals surface area contributed by atoms with Crippen molar-refractivity contribution in [2.45, 2.75) is 25.3 Å². The summed E-state index contributed by atoms with van der Waals surface area (Å²) in [6.45, 7) is 0.890. The number of rotatable bonds is 1. The molecule has 76 valence electrons. The molecule has 0 spiro atoms. The minimum absolute atomic E-state index is 0.0144. The highest BCUT2D eigenvalue weighted by atomic mass is 19.1. The Morgan fingerprint density at radius 1 is 1.21 bits per heavy atom. The lowest BCUT2D eigenvalue weighted by molar-refractivity contribution is 0.398. The van der Waals surface area contributed by atoms with Crippen molar-refractivity contribution >= 4 is 0 Å². The predicted octanol–water partition coefficient (Wildman–Crippen LogP) is 2.78. The number of piperidine rings is 1. The van der Waals surface area contributed by atoms with E-state index < -0.39 is 0 Å². The van der Waals surface area contributed by atoms with Gasteiger partial charge in [-0.2, -0.15) is 0 Å². The molecule has 1 aromatic carbocycles. The first-order chi connectivity index (χ1) is 6.77. The molecule has 1 heterocycles. The van der Waals surface area contributed by atoms with Crippen molar-refractivity contribution in [1.29, 1.82) is 0 Å². The van der Waals surface area contributed by atoms with E-state index >= 15 is 0 Å². The first-order valence-electron chi connectivity index (χ1n) is 4.96. The van der Waals surface area contributed by atoms with Gasteiger partial charge in [0, 0.05) is 11.6 Å². The lowest BCUT2D eigenvalue weighted by atomic mass is 9.97. The zero-order valence-electron chi connectivity index (χ0n) is 7.89. The third-order valence-electron chi connectivity index (χ3n) is 2.64. The molecule has 1 fully saturated rings. The van der Waals surface area contributed by atoms with Crippen LogP contribution in [0, 0.1) is 11.6 Å². The maximum Gasteiger partial charge on any atom is 0.128 e. The van der Waals surface area contributed by atoms with Gasteiger partial charge in [0.1, 0.15) is 11.6 Å². The Morgan fingerprint density at radius 3 is 2.79 bits per heavy atom. The quantitative estimate of drug-likeness (QED) is 0.730. The van der Waals surface area contributed by atoms with E-state index in [0.717, 1.165) is 31.9 Å². The molecule has 1 aliphatic rings. The average Bonchev–Trinajstić information content (AvgIpc) is 2.23. The van der Waals surface area contributed by atoms with E-state index in [0.29, 0.717) is 5.56 Å². The fourth-order valence-corrected chi connectivity index (χ4v) is 1.90. The Labute approximate surface area is 82.1 Å². The summed E-state index contributed by atoms with van der Waals surface area (Å²) < 4.78 is 26.3. The molecule has 1 aromatic rings. The van der Waals surface area contributed by atoms with Crippen LogP contribution in [0.5, 0.6) is 0 Å². The molecule has 1 saturated heterocycles. The van der Waals surface area contributed by atoms with Crippen LogP contribution in [-0.4, -0.2) is 6.54 Å². The van der Waals surface area contributed by atoms with Gasteiger partial charge in [0.15, 0.2) is 0 Å². The summed E-state index contributed by atoms with van der Waals surface area (Å²) in [6.07, 6.45) is 3.08. The molecule has 0 amide bonds. The highest BCUT2D eigenvalue weighted by Crippen LogP contribution is 2.25. The van der Waals surface area contributed by atoms with Crippen LogP contribution in [0.1, 0.15) is 30.9 Å².